The summed E-state index contributed by atoms with van der Waals surface area (Å²) in [6.07, 6.45) is 5.93. The third kappa shape index (κ3) is 5.77. The number of amides is 1. The average Bonchev–Trinajstić information content (AvgIpc) is 3.58. The van der Waals surface area contributed by atoms with Gasteiger partial charge in [0.25, 0.3) is 11.5 Å². The number of aromatic nitrogens is 6. The van der Waals surface area contributed by atoms with Crippen molar-refractivity contribution in [2.45, 2.75) is 13.3 Å². The van der Waals surface area contributed by atoms with Crippen molar-refractivity contribution in [3.05, 3.63) is 125 Å². The van der Waals surface area contributed by atoms with Crippen LogP contribution in [0.2, 0.25) is 0 Å². The molecule has 2 aromatic carbocycles. The maximum atomic E-state index is 13.5. The van der Waals surface area contributed by atoms with Crippen LogP contribution in [0.4, 0.5) is 11.6 Å². The molecule has 0 atom stereocenters. The Labute approximate surface area is 253 Å². The minimum atomic E-state index is -0.595. The van der Waals surface area contributed by atoms with Gasteiger partial charge in [0.2, 0.25) is 0 Å². The molecular weight excluding hydrogens is 554 g/mol. The Morgan fingerprint density at radius 2 is 1.80 bits per heavy atom. The van der Waals surface area contributed by atoms with Gasteiger partial charge >= 0.3 is 0 Å². The van der Waals surface area contributed by atoms with E-state index in [4.69, 9.17) is 16.5 Å². The van der Waals surface area contributed by atoms with E-state index in [0.29, 0.717) is 35.2 Å². The number of benzene rings is 2. The molecule has 6 aromatic rings. The molecule has 0 bridgehead atoms. The summed E-state index contributed by atoms with van der Waals surface area (Å²) in [7, 11) is 1.67. The molecule has 0 fully saturated rings. The van der Waals surface area contributed by atoms with Gasteiger partial charge in [-0.15, -0.1) is 6.58 Å². The van der Waals surface area contributed by atoms with Gasteiger partial charge < -0.3 is 16.8 Å². The van der Waals surface area contributed by atoms with Gasteiger partial charge in [0.1, 0.15) is 17.2 Å². The predicted octanol–water partition coefficient (Wildman–Crippen LogP) is 3.69. The number of hydrogen-bond acceptors (Lipinski definition) is 7. The number of nitrogen functional groups attached to an aromatic ring is 1. The van der Waals surface area contributed by atoms with E-state index < -0.39 is 5.91 Å². The van der Waals surface area contributed by atoms with E-state index in [1.54, 1.807) is 28.4 Å². The molecular formula is C33H31N9O2. The fourth-order valence-corrected chi connectivity index (χ4v) is 4.79. The molecule has 4 heterocycles. The molecule has 0 radical (unpaired) electrons. The van der Waals surface area contributed by atoms with Gasteiger partial charge in [-0.05, 0) is 36.4 Å². The number of para-hydroxylation sites is 1. The number of primary amides is 1. The Balaban J connectivity index is 0.000000232. The van der Waals surface area contributed by atoms with Crippen LogP contribution in [0.15, 0.2) is 96.6 Å². The maximum absolute atomic E-state index is 13.5. The van der Waals surface area contributed by atoms with Crippen LogP contribution in [0.5, 0.6) is 0 Å². The van der Waals surface area contributed by atoms with E-state index in [-0.39, 0.29) is 16.9 Å². The minimum Gasteiger partial charge on any atom is -0.381 e. The van der Waals surface area contributed by atoms with Gasteiger partial charge in [-0.25, -0.2) is 9.50 Å². The summed E-state index contributed by atoms with van der Waals surface area (Å²) in [6.45, 7) is 6.06. The third-order valence-corrected chi connectivity index (χ3v) is 6.79. The summed E-state index contributed by atoms with van der Waals surface area (Å²) in [4.78, 5) is 29.3. The van der Waals surface area contributed by atoms with Crippen LogP contribution in [-0.4, -0.2) is 41.4 Å². The van der Waals surface area contributed by atoms with Gasteiger partial charge in [0.05, 0.1) is 33.9 Å². The van der Waals surface area contributed by atoms with Gasteiger partial charge in [-0.2, -0.15) is 10.2 Å². The lowest BCUT2D eigenvalue weighted by atomic mass is 10.1. The monoisotopic (exact) mass is 585 g/mol. The number of rotatable bonds is 6. The number of nitrogens with zero attached hydrogens (tertiary/aromatic N) is 6. The van der Waals surface area contributed by atoms with Crippen LogP contribution >= 0.6 is 0 Å². The van der Waals surface area contributed by atoms with Crippen LogP contribution < -0.4 is 22.3 Å². The molecule has 1 amide bonds. The zero-order valence-electron chi connectivity index (χ0n) is 24.4. The molecule has 44 heavy (non-hydrogen) atoms. The molecule has 5 N–H and O–H groups in total. The second-order valence-corrected chi connectivity index (χ2v) is 9.66. The maximum Gasteiger partial charge on any atom is 0.267 e. The Morgan fingerprint density at radius 3 is 2.52 bits per heavy atom. The first-order valence-corrected chi connectivity index (χ1v) is 13.9. The van der Waals surface area contributed by atoms with Gasteiger partial charge in [-0.1, -0.05) is 55.2 Å². The molecule has 0 unspecified atom stereocenters. The van der Waals surface area contributed by atoms with Crippen molar-refractivity contribution in [2.75, 3.05) is 17.6 Å². The first-order valence-electron chi connectivity index (χ1n) is 13.9. The summed E-state index contributed by atoms with van der Waals surface area (Å²) in [5, 5.41) is 11.7. The van der Waals surface area contributed by atoms with Crippen LogP contribution in [0, 0.1) is 11.8 Å². The fourth-order valence-electron chi connectivity index (χ4n) is 4.79. The van der Waals surface area contributed by atoms with Crippen LogP contribution in [0.3, 0.4) is 0 Å². The second kappa shape index (κ2) is 12.8. The highest BCUT2D eigenvalue weighted by Crippen LogP contribution is 2.20. The Kier molecular flexibility index (Phi) is 8.53. The molecule has 11 nitrogen and oxygen atoms in total. The van der Waals surface area contributed by atoms with Crippen LogP contribution in [0.1, 0.15) is 34.2 Å². The molecule has 0 aliphatic rings. The molecule has 220 valence electrons. The van der Waals surface area contributed by atoms with E-state index >= 15 is 0 Å². The highest BCUT2D eigenvalue weighted by atomic mass is 16.1. The highest BCUT2D eigenvalue weighted by molar-refractivity contribution is 6.02. The summed E-state index contributed by atoms with van der Waals surface area (Å²) < 4.78 is 4.94. The fraction of sp³-hybridized carbons (Fsp3) is 0.121. The van der Waals surface area contributed by atoms with E-state index in [1.165, 1.54) is 4.68 Å². The lowest BCUT2D eigenvalue weighted by molar-refractivity contribution is 0.100. The van der Waals surface area contributed by atoms with Crippen LogP contribution in [0.25, 0.3) is 22.1 Å². The predicted molar refractivity (Wildman–Crippen MR) is 173 cm³/mol. The number of carbonyl (C=O) groups excluding carboxylic acids is 1. The van der Waals surface area contributed by atoms with E-state index in [9.17, 15) is 9.59 Å². The van der Waals surface area contributed by atoms with Gasteiger partial charge in [0.15, 0.2) is 5.82 Å². The number of nitrogens with one attached hydrogen (secondary N) is 1. The van der Waals surface area contributed by atoms with Gasteiger partial charge in [-0.3, -0.25) is 18.8 Å². The smallest absolute Gasteiger partial charge is 0.267 e. The summed E-state index contributed by atoms with van der Waals surface area (Å²) in [6, 6.07) is 21.1. The standard InChI is InChI=1S/C25H18N4O.C8H13N5O/c1-2-23-27-21-12-8-9-18(14-15-19-17-26-28-16-7-6-13-22(19)28)24(21)25(30)29(23)20-10-4-3-5-11-20;1-3-4-11-8-5(7(10)14)6(9)12-13(8)2/h3-13,16-17H,2H2,1H3;3,11H,1,4H2,2H3,(H2,9,12)(H2,10,14). The Morgan fingerprint density at radius 1 is 1.05 bits per heavy atom. The minimum absolute atomic E-state index is 0.104. The molecule has 6 rings (SSSR count). The third-order valence-electron chi connectivity index (χ3n) is 6.79. The number of fused-ring (bicyclic) bond motifs is 2. The number of aryl methyl sites for hydroxylation is 2. The zero-order chi connectivity index (χ0) is 31.2. The van der Waals surface area contributed by atoms with Crippen molar-refractivity contribution in [1.29, 1.82) is 0 Å². The Hall–Kier alpha value is -6.15. The lowest BCUT2D eigenvalue weighted by Crippen LogP contribution is -2.24. The number of carbonyl (C=O) groups is 1. The SMILES string of the molecule is C=CCNc1c(C(N)=O)c(N)nn1C.CCc1nc2cccc(C#Cc3cnn4ccccc34)c2c(=O)n1-c1ccccc1. The van der Waals surface area contributed by atoms with Crippen molar-refractivity contribution in [1.82, 2.24) is 28.9 Å². The van der Waals surface area contributed by atoms with Crippen molar-refractivity contribution in [2.24, 2.45) is 12.8 Å². The molecule has 0 saturated heterocycles. The average molecular weight is 586 g/mol. The zero-order valence-corrected chi connectivity index (χ0v) is 24.4. The summed E-state index contributed by atoms with van der Waals surface area (Å²) in [5.74, 6) is 7.14. The first-order chi connectivity index (χ1) is 21.3. The van der Waals surface area contributed by atoms with E-state index in [2.05, 4.69) is 33.9 Å². The topological polar surface area (TPSA) is 151 Å². The van der Waals surface area contributed by atoms with Crippen LogP contribution in [-0.2, 0) is 13.5 Å². The largest absolute Gasteiger partial charge is 0.381 e. The van der Waals surface area contributed by atoms with Crippen molar-refractivity contribution in [3.8, 4) is 17.5 Å². The van der Waals surface area contributed by atoms with E-state index in [0.717, 1.165) is 22.6 Å². The molecule has 0 aliphatic heterocycles. The van der Waals surface area contributed by atoms with E-state index in [1.807, 2.05) is 79.9 Å². The molecule has 0 spiro atoms. The molecule has 4 aromatic heterocycles. The van der Waals surface area contributed by atoms with Gasteiger partial charge in [0, 0.05) is 31.8 Å². The summed E-state index contributed by atoms with van der Waals surface area (Å²) in [5.41, 5.74) is 14.7. The number of hydrogen-bond donors (Lipinski definition) is 3. The number of nitrogens with two attached hydrogens (primary N) is 2. The molecule has 0 aliphatic carbocycles. The number of pyridine rings is 1. The normalized spacial score (nSPS) is 10.5. The summed E-state index contributed by atoms with van der Waals surface area (Å²) >= 11 is 0. The first kappa shape index (κ1) is 29.3. The second-order valence-electron chi connectivity index (χ2n) is 9.66. The quantitative estimate of drug-likeness (QED) is 0.199. The van der Waals surface area contributed by atoms with Crippen molar-refractivity contribution >= 4 is 34.0 Å². The Bertz CT molecular complexity index is 2110. The van der Waals surface area contributed by atoms with Crippen molar-refractivity contribution in [3.63, 3.8) is 0 Å². The number of anilines is 2. The lowest BCUT2D eigenvalue weighted by Gasteiger charge is -2.13. The van der Waals surface area contributed by atoms with Crippen molar-refractivity contribution < 1.29 is 4.79 Å². The molecule has 0 saturated carbocycles. The molecule has 11 heteroatoms. The highest BCUT2D eigenvalue weighted by Gasteiger charge is 2.18.